The molecule has 2 nitrogen and oxygen atoms in total. The predicted molar refractivity (Wildman–Crippen MR) is 73.4 cm³/mol. The summed E-state index contributed by atoms with van der Waals surface area (Å²) >= 11 is 0. The van der Waals surface area contributed by atoms with Gasteiger partial charge in [-0.25, -0.2) is 0 Å². The van der Waals surface area contributed by atoms with E-state index in [2.05, 4.69) is 6.92 Å². The molecule has 0 spiro atoms. The Kier molecular flexibility index (Phi) is 5.08. The van der Waals surface area contributed by atoms with E-state index < -0.39 is 5.97 Å². The molecule has 2 aliphatic rings. The maximum absolute atomic E-state index is 10.7. The summed E-state index contributed by atoms with van der Waals surface area (Å²) in [4.78, 5) is 10.7. The lowest BCUT2D eigenvalue weighted by atomic mass is 9.68. The first-order chi connectivity index (χ1) is 8.69. The molecule has 0 aromatic carbocycles. The first-order valence-electron chi connectivity index (χ1n) is 7.90. The topological polar surface area (TPSA) is 37.3 Å². The number of hydrogen-bond donors (Lipinski definition) is 1. The predicted octanol–water partition coefficient (Wildman–Crippen LogP) is 4.48. The lowest BCUT2D eigenvalue weighted by molar-refractivity contribution is -0.138. The number of rotatable bonds is 4. The van der Waals surface area contributed by atoms with Crippen molar-refractivity contribution in [2.45, 2.75) is 71.1 Å². The van der Waals surface area contributed by atoms with Gasteiger partial charge in [0.05, 0.1) is 0 Å². The Bertz CT molecular complexity index is 258. The van der Waals surface area contributed by atoms with Crippen LogP contribution in [-0.2, 0) is 4.79 Å². The van der Waals surface area contributed by atoms with Gasteiger partial charge in [0.25, 0.3) is 0 Å². The highest BCUT2D eigenvalue weighted by molar-refractivity contribution is 5.67. The van der Waals surface area contributed by atoms with Crippen LogP contribution in [0.15, 0.2) is 0 Å². The molecule has 1 N–H and O–H groups in total. The highest BCUT2D eigenvalue weighted by Crippen LogP contribution is 2.42. The molecule has 2 rings (SSSR count). The van der Waals surface area contributed by atoms with Gasteiger partial charge in [-0.3, -0.25) is 4.79 Å². The van der Waals surface area contributed by atoms with Crippen LogP contribution in [0.5, 0.6) is 0 Å². The Labute approximate surface area is 111 Å². The van der Waals surface area contributed by atoms with E-state index in [0.717, 1.165) is 30.6 Å². The van der Waals surface area contributed by atoms with Gasteiger partial charge in [0.2, 0.25) is 0 Å². The fraction of sp³-hybridized carbons (Fsp3) is 0.938. The summed E-state index contributed by atoms with van der Waals surface area (Å²) in [5.74, 6) is 2.71. The van der Waals surface area contributed by atoms with Crippen LogP contribution in [0.25, 0.3) is 0 Å². The van der Waals surface area contributed by atoms with Crippen molar-refractivity contribution in [3.8, 4) is 0 Å². The molecule has 0 unspecified atom stereocenters. The molecule has 104 valence electrons. The Hall–Kier alpha value is -0.530. The van der Waals surface area contributed by atoms with Crippen molar-refractivity contribution < 1.29 is 9.90 Å². The molecule has 0 aromatic rings. The third-order valence-electron chi connectivity index (χ3n) is 5.49. The summed E-state index contributed by atoms with van der Waals surface area (Å²) in [5, 5.41) is 8.84. The van der Waals surface area contributed by atoms with Gasteiger partial charge in [-0.2, -0.15) is 0 Å². The monoisotopic (exact) mass is 252 g/mol. The van der Waals surface area contributed by atoms with Crippen molar-refractivity contribution in [3.05, 3.63) is 0 Å². The lowest BCUT2D eigenvalue weighted by Gasteiger charge is -2.37. The number of hydrogen-bond acceptors (Lipinski definition) is 1. The Morgan fingerprint density at radius 1 is 0.889 bits per heavy atom. The standard InChI is InChI=1S/C16H28O2/c1-2-12-3-7-14(8-4-12)15-9-5-13(6-10-15)11-16(17)18/h12-15H,2-11H2,1H3,(H,17,18)/t12-,13-,14-,15-. The molecule has 0 amide bonds. The van der Waals surface area contributed by atoms with Gasteiger partial charge in [0, 0.05) is 6.42 Å². The van der Waals surface area contributed by atoms with Crippen molar-refractivity contribution >= 4 is 5.97 Å². The smallest absolute Gasteiger partial charge is 0.303 e. The Morgan fingerprint density at radius 3 is 1.72 bits per heavy atom. The normalized spacial score (nSPS) is 37.4. The van der Waals surface area contributed by atoms with Crippen molar-refractivity contribution in [2.75, 3.05) is 0 Å². The number of carboxylic acid groups (broad SMARTS) is 1. The van der Waals surface area contributed by atoms with Crippen LogP contribution in [-0.4, -0.2) is 11.1 Å². The van der Waals surface area contributed by atoms with Crippen molar-refractivity contribution in [2.24, 2.45) is 23.7 Å². The summed E-state index contributed by atoms with van der Waals surface area (Å²) in [6.45, 7) is 2.32. The van der Waals surface area contributed by atoms with Gasteiger partial charge in [-0.05, 0) is 62.2 Å². The third-order valence-corrected chi connectivity index (χ3v) is 5.49. The van der Waals surface area contributed by atoms with Crippen LogP contribution in [0.2, 0.25) is 0 Å². The molecule has 0 radical (unpaired) electrons. The third kappa shape index (κ3) is 3.73. The average molecular weight is 252 g/mol. The molecule has 0 aliphatic heterocycles. The van der Waals surface area contributed by atoms with E-state index in [1.165, 1.54) is 44.9 Å². The van der Waals surface area contributed by atoms with E-state index in [4.69, 9.17) is 5.11 Å². The van der Waals surface area contributed by atoms with Crippen molar-refractivity contribution in [3.63, 3.8) is 0 Å². The van der Waals surface area contributed by atoms with Crippen LogP contribution < -0.4 is 0 Å². The highest BCUT2D eigenvalue weighted by atomic mass is 16.4. The van der Waals surface area contributed by atoms with Crippen LogP contribution in [0.4, 0.5) is 0 Å². The van der Waals surface area contributed by atoms with Crippen molar-refractivity contribution in [1.29, 1.82) is 0 Å². The molecular formula is C16H28O2. The molecule has 18 heavy (non-hydrogen) atoms. The maximum Gasteiger partial charge on any atom is 0.303 e. The Balaban J connectivity index is 1.71. The van der Waals surface area contributed by atoms with Crippen LogP contribution in [0.3, 0.4) is 0 Å². The highest BCUT2D eigenvalue weighted by Gasteiger charge is 2.30. The van der Waals surface area contributed by atoms with E-state index in [0.29, 0.717) is 12.3 Å². The fourth-order valence-corrected chi connectivity index (χ4v) is 4.18. The zero-order valence-electron chi connectivity index (χ0n) is 11.7. The van der Waals surface area contributed by atoms with Gasteiger partial charge in [0.1, 0.15) is 0 Å². The van der Waals surface area contributed by atoms with Gasteiger partial charge in [-0.1, -0.05) is 26.2 Å². The zero-order chi connectivity index (χ0) is 13.0. The van der Waals surface area contributed by atoms with Crippen molar-refractivity contribution in [1.82, 2.24) is 0 Å². The first-order valence-corrected chi connectivity index (χ1v) is 7.90. The molecule has 0 saturated heterocycles. The number of carbonyl (C=O) groups is 1. The summed E-state index contributed by atoms with van der Waals surface area (Å²) in [5.41, 5.74) is 0. The van der Waals surface area contributed by atoms with Crippen LogP contribution >= 0.6 is 0 Å². The molecular weight excluding hydrogens is 224 g/mol. The zero-order valence-corrected chi connectivity index (χ0v) is 11.7. The summed E-state index contributed by atoms with van der Waals surface area (Å²) < 4.78 is 0. The number of carboxylic acids is 1. The molecule has 2 heteroatoms. The molecule has 2 aliphatic carbocycles. The fourth-order valence-electron chi connectivity index (χ4n) is 4.18. The average Bonchev–Trinajstić information content (AvgIpc) is 2.39. The summed E-state index contributed by atoms with van der Waals surface area (Å²) in [6, 6.07) is 0. The van der Waals surface area contributed by atoms with Gasteiger partial charge >= 0.3 is 5.97 Å². The molecule has 2 fully saturated rings. The van der Waals surface area contributed by atoms with Gasteiger partial charge < -0.3 is 5.11 Å². The maximum atomic E-state index is 10.7. The number of aliphatic carboxylic acids is 1. The SMILES string of the molecule is CC[C@H]1CC[C@H]([C@H]2CC[C@H](CC(=O)O)CC2)CC1. The first kappa shape index (κ1) is 13.9. The largest absolute Gasteiger partial charge is 0.481 e. The quantitative estimate of drug-likeness (QED) is 0.800. The molecule has 2 saturated carbocycles. The second kappa shape index (κ2) is 6.58. The Morgan fingerprint density at radius 2 is 1.33 bits per heavy atom. The minimum Gasteiger partial charge on any atom is -0.481 e. The summed E-state index contributed by atoms with van der Waals surface area (Å²) in [7, 11) is 0. The van der Waals surface area contributed by atoms with Crippen LogP contribution in [0.1, 0.15) is 71.1 Å². The summed E-state index contributed by atoms with van der Waals surface area (Å²) in [6.07, 6.45) is 12.4. The van der Waals surface area contributed by atoms with Gasteiger partial charge in [-0.15, -0.1) is 0 Å². The van der Waals surface area contributed by atoms with E-state index in [-0.39, 0.29) is 0 Å². The van der Waals surface area contributed by atoms with E-state index in [9.17, 15) is 4.79 Å². The van der Waals surface area contributed by atoms with E-state index in [1.54, 1.807) is 0 Å². The molecule has 0 heterocycles. The minimum absolute atomic E-state index is 0.398. The molecule has 0 atom stereocenters. The molecule has 0 aromatic heterocycles. The lowest BCUT2D eigenvalue weighted by Crippen LogP contribution is -2.26. The van der Waals surface area contributed by atoms with E-state index >= 15 is 0 Å². The molecule has 0 bridgehead atoms. The van der Waals surface area contributed by atoms with Gasteiger partial charge in [0.15, 0.2) is 0 Å². The minimum atomic E-state index is -0.609. The second-order valence-electron chi connectivity index (χ2n) is 6.57. The second-order valence-corrected chi connectivity index (χ2v) is 6.57. The van der Waals surface area contributed by atoms with Crippen LogP contribution in [0, 0.1) is 23.7 Å². The van der Waals surface area contributed by atoms with E-state index in [1.807, 2.05) is 0 Å².